The van der Waals surface area contributed by atoms with Gasteiger partial charge in [0.1, 0.15) is 12.3 Å². The van der Waals surface area contributed by atoms with Crippen LogP contribution >= 0.6 is 50.3 Å². The number of anilines is 1. The molecule has 0 spiro atoms. The molecule has 2 aromatic carbocycles. The van der Waals surface area contributed by atoms with Gasteiger partial charge in [-0.15, -0.1) is 0 Å². The first-order valence-corrected chi connectivity index (χ1v) is 10.7. The number of ether oxygens (including phenoxy) is 1. The fraction of sp³-hybridized carbons (Fsp3) is 0.105. The number of amides is 3. The average Bonchev–Trinajstić information content (AvgIpc) is 2.91. The quantitative estimate of drug-likeness (QED) is 0.414. The van der Waals surface area contributed by atoms with E-state index in [0.717, 1.165) is 30.3 Å². The van der Waals surface area contributed by atoms with Crippen LogP contribution in [0.1, 0.15) is 5.56 Å². The van der Waals surface area contributed by atoms with Crippen LogP contribution in [0.5, 0.6) is 5.75 Å². The number of carbonyl (C=O) groups excluding carboxylic acids is 3. The first-order chi connectivity index (χ1) is 13.4. The summed E-state index contributed by atoms with van der Waals surface area (Å²) >= 11 is 6.36. The molecule has 3 amide bonds. The zero-order valence-corrected chi connectivity index (χ0v) is 19.1. The highest BCUT2D eigenvalue weighted by Gasteiger charge is 2.36. The van der Waals surface area contributed by atoms with Crippen molar-refractivity contribution in [2.24, 2.45) is 0 Å². The van der Waals surface area contributed by atoms with Gasteiger partial charge in [0, 0.05) is 9.26 Å². The van der Waals surface area contributed by atoms with Crippen LogP contribution < -0.4 is 10.1 Å². The van der Waals surface area contributed by atoms with Gasteiger partial charge in [0.2, 0.25) is 5.91 Å². The van der Waals surface area contributed by atoms with Crippen molar-refractivity contribution in [2.45, 2.75) is 0 Å². The second-order valence-electron chi connectivity index (χ2n) is 5.72. The fourth-order valence-electron chi connectivity index (χ4n) is 2.44. The molecule has 1 fully saturated rings. The Hall–Kier alpha value is -1.85. The molecule has 6 nitrogen and oxygen atoms in total. The van der Waals surface area contributed by atoms with E-state index in [1.807, 2.05) is 12.1 Å². The minimum absolute atomic E-state index is 0.268. The molecule has 0 atom stereocenters. The highest BCUT2D eigenvalue weighted by molar-refractivity contribution is 14.1. The van der Waals surface area contributed by atoms with E-state index in [1.165, 1.54) is 0 Å². The molecule has 144 valence electrons. The molecule has 0 aromatic heterocycles. The number of thioether (sulfide) groups is 1. The van der Waals surface area contributed by atoms with E-state index in [0.29, 0.717) is 11.4 Å². The Labute approximate surface area is 188 Å². The van der Waals surface area contributed by atoms with Gasteiger partial charge in [0.15, 0.2) is 0 Å². The molecule has 0 bridgehead atoms. The van der Waals surface area contributed by atoms with Crippen LogP contribution in [0.4, 0.5) is 10.5 Å². The summed E-state index contributed by atoms with van der Waals surface area (Å²) in [6.07, 6.45) is 1.62. The van der Waals surface area contributed by atoms with Gasteiger partial charge in [-0.2, -0.15) is 0 Å². The summed E-state index contributed by atoms with van der Waals surface area (Å²) in [5.41, 5.74) is 1.34. The number of imide groups is 1. The van der Waals surface area contributed by atoms with Crippen LogP contribution in [-0.2, 0) is 9.59 Å². The Morgan fingerprint density at radius 3 is 2.61 bits per heavy atom. The van der Waals surface area contributed by atoms with Gasteiger partial charge in [-0.3, -0.25) is 19.3 Å². The number of benzene rings is 2. The molecular formula is C19H14BrIN2O4S. The second kappa shape index (κ2) is 9.10. The van der Waals surface area contributed by atoms with Crippen molar-refractivity contribution in [1.29, 1.82) is 0 Å². The van der Waals surface area contributed by atoms with Crippen molar-refractivity contribution >= 4 is 79.1 Å². The molecule has 0 unspecified atom stereocenters. The molecule has 28 heavy (non-hydrogen) atoms. The van der Waals surface area contributed by atoms with Crippen molar-refractivity contribution in [2.75, 3.05) is 19.0 Å². The third-order valence-corrected chi connectivity index (χ3v) is 6.02. The summed E-state index contributed by atoms with van der Waals surface area (Å²) in [4.78, 5) is 38.2. The normalized spacial score (nSPS) is 15.2. The average molecular weight is 573 g/mol. The first kappa shape index (κ1) is 20.9. The lowest BCUT2D eigenvalue weighted by atomic mass is 10.2. The predicted molar refractivity (Wildman–Crippen MR) is 121 cm³/mol. The number of halogens is 2. The van der Waals surface area contributed by atoms with Crippen LogP contribution in [0, 0.1) is 3.57 Å². The minimum atomic E-state index is -0.486. The molecule has 1 aliphatic rings. The third kappa shape index (κ3) is 4.95. The van der Waals surface area contributed by atoms with Gasteiger partial charge >= 0.3 is 0 Å². The molecule has 2 aromatic rings. The number of carbonyl (C=O) groups is 3. The molecule has 9 heteroatoms. The van der Waals surface area contributed by atoms with Crippen LogP contribution in [0.25, 0.3) is 6.08 Å². The van der Waals surface area contributed by atoms with Crippen LogP contribution in [-0.4, -0.2) is 35.6 Å². The Kier molecular flexibility index (Phi) is 6.78. The van der Waals surface area contributed by atoms with Crippen LogP contribution in [0.15, 0.2) is 51.8 Å². The fourth-order valence-corrected chi connectivity index (χ4v) is 4.19. The van der Waals surface area contributed by atoms with E-state index in [4.69, 9.17) is 4.74 Å². The van der Waals surface area contributed by atoms with Gasteiger partial charge in [0.25, 0.3) is 11.1 Å². The smallest absolute Gasteiger partial charge is 0.294 e. The SMILES string of the molecule is COc1ccc(/C=C2/SC(=O)N(CC(=O)Nc3ccc(I)cc3)C2=O)cc1Br. The maximum atomic E-state index is 12.6. The molecule has 1 saturated heterocycles. The summed E-state index contributed by atoms with van der Waals surface area (Å²) in [5.74, 6) is -0.255. The Morgan fingerprint density at radius 2 is 1.96 bits per heavy atom. The highest BCUT2D eigenvalue weighted by atomic mass is 127. The van der Waals surface area contributed by atoms with Crippen molar-refractivity contribution in [3.8, 4) is 5.75 Å². The van der Waals surface area contributed by atoms with E-state index in [9.17, 15) is 14.4 Å². The number of rotatable bonds is 5. The van der Waals surface area contributed by atoms with E-state index in [-0.39, 0.29) is 11.4 Å². The summed E-state index contributed by atoms with van der Waals surface area (Å²) in [5, 5.41) is 2.21. The molecule has 1 heterocycles. The van der Waals surface area contributed by atoms with Gasteiger partial charge in [-0.1, -0.05) is 6.07 Å². The molecule has 0 aliphatic carbocycles. The molecule has 0 saturated carbocycles. The summed E-state index contributed by atoms with van der Waals surface area (Å²) < 4.78 is 6.95. The molecule has 1 aliphatic heterocycles. The number of methoxy groups -OCH3 is 1. The Bertz CT molecular complexity index is 978. The maximum Gasteiger partial charge on any atom is 0.294 e. The van der Waals surface area contributed by atoms with E-state index < -0.39 is 17.1 Å². The summed E-state index contributed by atoms with van der Waals surface area (Å²) in [7, 11) is 1.56. The number of nitrogens with zero attached hydrogens (tertiary/aromatic N) is 1. The molecule has 1 N–H and O–H groups in total. The van der Waals surface area contributed by atoms with Gasteiger partial charge in [-0.25, -0.2) is 0 Å². The lowest BCUT2D eigenvalue weighted by Crippen LogP contribution is -2.36. The molecular weight excluding hydrogens is 559 g/mol. The van der Waals surface area contributed by atoms with Crippen LogP contribution in [0.2, 0.25) is 0 Å². The number of nitrogens with one attached hydrogen (secondary N) is 1. The van der Waals surface area contributed by atoms with Crippen molar-refractivity contribution in [1.82, 2.24) is 4.90 Å². The third-order valence-electron chi connectivity index (χ3n) is 3.78. The number of hydrogen-bond acceptors (Lipinski definition) is 5. The predicted octanol–water partition coefficient (Wildman–Crippen LogP) is 4.74. The van der Waals surface area contributed by atoms with E-state index in [1.54, 1.807) is 43.5 Å². The highest BCUT2D eigenvalue weighted by Crippen LogP contribution is 2.33. The monoisotopic (exact) mass is 572 g/mol. The van der Waals surface area contributed by atoms with Crippen molar-refractivity contribution in [3.63, 3.8) is 0 Å². The topological polar surface area (TPSA) is 75.7 Å². The Balaban J connectivity index is 1.69. The summed E-state index contributed by atoms with van der Waals surface area (Å²) in [6, 6.07) is 12.5. The molecule has 3 rings (SSSR count). The first-order valence-electron chi connectivity index (χ1n) is 8.01. The van der Waals surface area contributed by atoms with Crippen molar-refractivity contribution in [3.05, 3.63) is 61.0 Å². The standard InChI is InChI=1S/C19H14BrIN2O4S/c1-27-15-7-2-11(8-14(15)20)9-16-18(25)23(19(26)28-16)10-17(24)22-13-5-3-12(21)4-6-13/h2-9H,10H2,1H3,(H,22,24)/b16-9+. The van der Waals surface area contributed by atoms with E-state index in [2.05, 4.69) is 43.8 Å². The van der Waals surface area contributed by atoms with Gasteiger partial charge in [-0.05, 0) is 98.3 Å². The maximum absolute atomic E-state index is 12.6. The zero-order chi connectivity index (χ0) is 20.3. The van der Waals surface area contributed by atoms with Crippen molar-refractivity contribution < 1.29 is 19.1 Å². The second-order valence-corrected chi connectivity index (χ2v) is 8.81. The number of hydrogen-bond donors (Lipinski definition) is 1. The Morgan fingerprint density at radius 1 is 1.25 bits per heavy atom. The van der Waals surface area contributed by atoms with Gasteiger partial charge < -0.3 is 10.1 Å². The van der Waals surface area contributed by atoms with E-state index >= 15 is 0 Å². The minimum Gasteiger partial charge on any atom is -0.496 e. The molecule has 0 radical (unpaired) electrons. The lowest BCUT2D eigenvalue weighted by Gasteiger charge is -2.12. The lowest BCUT2D eigenvalue weighted by molar-refractivity contribution is -0.127. The van der Waals surface area contributed by atoms with Crippen LogP contribution in [0.3, 0.4) is 0 Å². The van der Waals surface area contributed by atoms with Gasteiger partial charge in [0.05, 0.1) is 16.5 Å². The largest absolute Gasteiger partial charge is 0.496 e. The summed E-state index contributed by atoms with van der Waals surface area (Å²) in [6.45, 7) is -0.333. The zero-order valence-electron chi connectivity index (χ0n) is 14.6.